The molecule has 1 aliphatic rings. The first-order valence-corrected chi connectivity index (χ1v) is 8.35. The average molecular weight is 324 g/mol. The molecule has 24 heavy (non-hydrogen) atoms. The highest BCUT2D eigenvalue weighted by molar-refractivity contribution is 5.93. The lowest BCUT2D eigenvalue weighted by molar-refractivity contribution is 0.0945. The van der Waals surface area contributed by atoms with E-state index in [9.17, 15) is 4.79 Å². The van der Waals surface area contributed by atoms with Crippen molar-refractivity contribution in [3.05, 3.63) is 47.4 Å². The van der Waals surface area contributed by atoms with E-state index in [4.69, 9.17) is 0 Å². The van der Waals surface area contributed by atoms with Crippen LogP contribution in [0.5, 0.6) is 0 Å². The highest BCUT2D eigenvalue weighted by Gasteiger charge is 2.24. The van der Waals surface area contributed by atoms with E-state index in [-0.39, 0.29) is 11.3 Å². The highest BCUT2D eigenvalue weighted by Crippen LogP contribution is 2.25. The van der Waals surface area contributed by atoms with Crippen LogP contribution in [-0.4, -0.2) is 21.9 Å². The second-order valence-electron chi connectivity index (χ2n) is 7.39. The Morgan fingerprint density at radius 2 is 1.79 bits per heavy atom. The lowest BCUT2D eigenvalue weighted by Crippen LogP contribution is -2.26. The fourth-order valence-corrected chi connectivity index (χ4v) is 2.44. The minimum Gasteiger partial charge on any atom is -0.348 e. The van der Waals surface area contributed by atoms with Gasteiger partial charge in [-0.3, -0.25) is 4.79 Å². The molecule has 5 heteroatoms. The van der Waals surface area contributed by atoms with Gasteiger partial charge in [0.15, 0.2) is 0 Å². The summed E-state index contributed by atoms with van der Waals surface area (Å²) in [6.07, 6.45) is 2.11. The molecule has 0 bridgehead atoms. The summed E-state index contributed by atoms with van der Waals surface area (Å²) in [5.74, 6) is 1.08. The molecule has 1 aromatic heterocycles. The maximum absolute atomic E-state index is 12.2. The Balaban J connectivity index is 1.76. The Labute approximate surface area is 142 Å². The van der Waals surface area contributed by atoms with Crippen LogP contribution in [0.25, 0.3) is 0 Å². The van der Waals surface area contributed by atoms with Crippen molar-refractivity contribution in [1.82, 2.24) is 15.3 Å². The fraction of sp³-hybridized carbons (Fsp3) is 0.421. The SMILES string of the molecule is Cc1nc(Nc2ccc(C(C)(C)C)cc2)cc(C(=O)NC2CC2)n1. The molecule has 2 aromatic rings. The van der Waals surface area contributed by atoms with Gasteiger partial charge in [-0.1, -0.05) is 32.9 Å². The summed E-state index contributed by atoms with van der Waals surface area (Å²) in [5.41, 5.74) is 2.74. The quantitative estimate of drug-likeness (QED) is 0.899. The molecule has 1 fully saturated rings. The Kier molecular flexibility index (Phi) is 4.26. The van der Waals surface area contributed by atoms with Gasteiger partial charge in [-0.25, -0.2) is 9.97 Å². The van der Waals surface area contributed by atoms with Gasteiger partial charge in [-0.05, 0) is 42.9 Å². The summed E-state index contributed by atoms with van der Waals surface area (Å²) in [6, 6.07) is 10.3. The van der Waals surface area contributed by atoms with Crippen molar-refractivity contribution in [2.45, 2.75) is 52.0 Å². The number of benzene rings is 1. The molecule has 1 aliphatic carbocycles. The number of hydrogen-bond donors (Lipinski definition) is 2. The summed E-state index contributed by atoms with van der Waals surface area (Å²) < 4.78 is 0. The zero-order valence-electron chi connectivity index (χ0n) is 14.7. The topological polar surface area (TPSA) is 66.9 Å². The number of nitrogens with zero attached hydrogens (tertiary/aromatic N) is 2. The van der Waals surface area contributed by atoms with Crippen LogP contribution in [0.2, 0.25) is 0 Å². The summed E-state index contributed by atoms with van der Waals surface area (Å²) in [5, 5.41) is 6.21. The largest absolute Gasteiger partial charge is 0.348 e. The predicted molar refractivity (Wildman–Crippen MR) is 95.7 cm³/mol. The maximum atomic E-state index is 12.2. The number of hydrogen-bond acceptors (Lipinski definition) is 4. The molecule has 1 heterocycles. The van der Waals surface area contributed by atoms with E-state index >= 15 is 0 Å². The monoisotopic (exact) mass is 324 g/mol. The van der Waals surface area contributed by atoms with Gasteiger partial charge in [0.05, 0.1) is 0 Å². The van der Waals surface area contributed by atoms with Gasteiger partial charge in [0.2, 0.25) is 0 Å². The van der Waals surface area contributed by atoms with E-state index in [0.717, 1.165) is 18.5 Å². The molecule has 5 nitrogen and oxygen atoms in total. The predicted octanol–water partition coefficient (Wildman–Crippen LogP) is 3.72. The van der Waals surface area contributed by atoms with Crippen molar-refractivity contribution < 1.29 is 4.79 Å². The van der Waals surface area contributed by atoms with Crippen molar-refractivity contribution in [3.63, 3.8) is 0 Å². The molecular formula is C19H24N4O. The Morgan fingerprint density at radius 3 is 2.38 bits per heavy atom. The molecule has 126 valence electrons. The van der Waals surface area contributed by atoms with E-state index in [2.05, 4.69) is 53.5 Å². The van der Waals surface area contributed by atoms with Gasteiger partial charge < -0.3 is 10.6 Å². The van der Waals surface area contributed by atoms with Crippen LogP contribution in [0.3, 0.4) is 0 Å². The molecule has 0 spiro atoms. The van der Waals surface area contributed by atoms with Gasteiger partial charge in [0.1, 0.15) is 17.3 Å². The first-order valence-electron chi connectivity index (χ1n) is 8.35. The second-order valence-corrected chi connectivity index (χ2v) is 7.39. The Hall–Kier alpha value is -2.43. The molecule has 0 aliphatic heterocycles. The molecule has 1 saturated carbocycles. The molecule has 0 radical (unpaired) electrons. The summed E-state index contributed by atoms with van der Waals surface area (Å²) in [7, 11) is 0. The van der Waals surface area contributed by atoms with Crippen LogP contribution < -0.4 is 10.6 Å². The van der Waals surface area contributed by atoms with E-state index in [0.29, 0.717) is 23.4 Å². The lowest BCUT2D eigenvalue weighted by atomic mass is 9.87. The van der Waals surface area contributed by atoms with Crippen LogP contribution in [0.4, 0.5) is 11.5 Å². The molecular weight excluding hydrogens is 300 g/mol. The van der Waals surface area contributed by atoms with Crippen LogP contribution in [-0.2, 0) is 5.41 Å². The van der Waals surface area contributed by atoms with Crippen molar-refractivity contribution in [2.75, 3.05) is 5.32 Å². The lowest BCUT2D eigenvalue weighted by Gasteiger charge is -2.19. The van der Waals surface area contributed by atoms with Crippen LogP contribution in [0, 0.1) is 6.92 Å². The number of aromatic nitrogens is 2. The molecule has 1 amide bonds. The van der Waals surface area contributed by atoms with Crippen molar-refractivity contribution >= 4 is 17.4 Å². The smallest absolute Gasteiger partial charge is 0.270 e. The third-order valence-electron chi connectivity index (χ3n) is 4.01. The van der Waals surface area contributed by atoms with E-state index in [1.165, 1.54) is 5.56 Å². The molecule has 0 atom stereocenters. The first kappa shape index (κ1) is 16.4. The van der Waals surface area contributed by atoms with E-state index < -0.39 is 0 Å². The number of carbonyl (C=O) groups excluding carboxylic acids is 1. The van der Waals surface area contributed by atoms with Gasteiger partial charge in [0, 0.05) is 17.8 Å². The standard InChI is InChI=1S/C19H24N4O/c1-12-20-16(18(24)23-15-9-10-15)11-17(21-12)22-14-7-5-13(6-8-14)19(2,3)4/h5-8,11,15H,9-10H2,1-4H3,(H,23,24)(H,20,21,22). The van der Waals surface area contributed by atoms with Crippen LogP contribution in [0.1, 0.15) is 55.5 Å². The number of aryl methyl sites for hydroxylation is 1. The average Bonchev–Trinajstić information content (AvgIpc) is 3.30. The molecule has 0 saturated heterocycles. The Morgan fingerprint density at radius 1 is 1.12 bits per heavy atom. The zero-order chi connectivity index (χ0) is 17.3. The highest BCUT2D eigenvalue weighted by atomic mass is 16.2. The van der Waals surface area contributed by atoms with E-state index in [1.54, 1.807) is 13.0 Å². The summed E-state index contributed by atoms with van der Waals surface area (Å²) in [6.45, 7) is 8.36. The normalized spacial score (nSPS) is 14.3. The number of carbonyl (C=O) groups is 1. The first-order chi connectivity index (χ1) is 11.3. The van der Waals surface area contributed by atoms with Gasteiger partial charge in [-0.15, -0.1) is 0 Å². The van der Waals surface area contributed by atoms with Gasteiger partial charge in [0.25, 0.3) is 5.91 Å². The molecule has 2 N–H and O–H groups in total. The Bertz CT molecular complexity index is 743. The third-order valence-corrected chi connectivity index (χ3v) is 4.01. The molecule has 1 aromatic carbocycles. The van der Waals surface area contributed by atoms with Crippen molar-refractivity contribution in [1.29, 1.82) is 0 Å². The second kappa shape index (κ2) is 6.23. The fourth-order valence-electron chi connectivity index (χ4n) is 2.44. The van der Waals surface area contributed by atoms with E-state index in [1.807, 2.05) is 12.1 Å². The zero-order valence-corrected chi connectivity index (χ0v) is 14.7. The number of anilines is 2. The van der Waals surface area contributed by atoms with Gasteiger partial charge in [-0.2, -0.15) is 0 Å². The summed E-state index contributed by atoms with van der Waals surface area (Å²) >= 11 is 0. The maximum Gasteiger partial charge on any atom is 0.270 e. The number of amides is 1. The van der Waals surface area contributed by atoms with Crippen LogP contribution >= 0.6 is 0 Å². The van der Waals surface area contributed by atoms with Gasteiger partial charge >= 0.3 is 0 Å². The summed E-state index contributed by atoms with van der Waals surface area (Å²) in [4.78, 5) is 20.8. The molecule has 3 rings (SSSR count). The van der Waals surface area contributed by atoms with Crippen molar-refractivity contribution in [2.24, 2.45) is 0 Å². The van der Waals surface area contributed by atoms with Crippen LogP contribution in [0.15, 0.2) is 30.3 Å². The third kappa shape index (κ3) is 4.10. The molecule has 0 unspecified atom stereocenters. The number of nitrogens with one attached hydrogen (secondary N) is 2. The van der Waals surface area contributed by atoms with Crippen molar-refractivity contribution in [3.8, 4) is 0 Å². The minimum atomic E-state index is -0.130. The minimum absolute atomic E-state index is 0.123. The number of rotatable bonds is 4.